The zero-order chi connectivity index (χ0) is 18.5. The standard InChI is InChI=1S/C22H19NO4/c24-22(21-15-26-19-8-4-5-9-20(19)27-21)23-17-10-12-18(13-11-17)25-14-16-6-2-1-3-7-16/h1-13,21H,14-15H2,(H,23,24)/t21-/m1/s1. The predicted molar refractivity (Wildman–Crippen MR) is 102 cm³/mol. The Balaban J connectivity index is 1.32. The molecule has 1 heterocycles. The molecule has 0 radical (unpaired) electrons. The lowest BCUT2D eigenvalue weighted by Crippen LogP contribution is -2.40. The van der Waals surface area contributed by atoms with Crippen molar-refractivity contribution in [2.24, 2.45) is 0 Å². The van der Waals surface area contributed by atoms with E-state index in [0.29, 0.717) is 23.8 Å². The molecular weight excluding hydrogens is 342 g/mol. The summed E-state index contributed by atoms with van der Waals surface area (Å²) in [4.78, 5) is 12.4. The summed E-state index contributed by atoms with van der Waals surface area (Å²) in [5.41, 5.74) is 1.78. The van der Waals surface area contributed by atoms with Crippen LogP contribution in [0, 0.1) is 0 Å². The van der Waals surface area contributed by atoms with Gasteiger partial charge >= 0.3 is 0 Å². The van der Waals surface area contributed by atoms with Crippen molar-refractivity contribution in [3.8, 4) is 17.2 Å². The highest BCUT2D eigenvalue weighted by Gasteiger charge is 2.27. The Morgan fingerprint density at radius 3 is 2.41 bits per heavy atom. The van der Waals surface area contributed by atoms with Gasteiger partial charge in [-0.15, -0.1) is 0 Å². The van der Waals surface area contributed by atoms with Crippen LogP contribution < -0.4 is 19.5 Å². The van der Waals surface area contributed by atoms with Gasteiger partial charge in [-0.3, -0.25) is 4.79 Å². The highest BCUT2D eigenvalue weighted by molar-refractivity contribution is 5.94. The van der Waals surface area contributed by atoms with Crippen LogP contribution in [0.4, 0.5) is 5.69 Å². The molecule has 5 nitrogen and oxygen atoms in total. The molecule has 0 aliphatic carbocycles. The molecular formula is C22H19NO4. The minimum absolute atomic E-state index is 0.182. The van der Waals surface area contributed by atoms with Crippen LogP contribution in [0.5, 0.6) is 17.2 Å². The van der Waals surface area contributed by atoms with E-state index in [2.05, 4.69) is 5.32 Å². The molecule has 0 saturated heterocycles. The van der Waals surface area contributed by atoms with E-state index < -0.39 is 6.10 Å². The van der Waals surface area contributed by atoms with Crippen LogP contribution >= 0.6 is 0 Å². The van der Waals surface area contributed by atoms with Crippen LogP contribution in [-0.4, -0.2) is 18.6 Å². The lowest BCUT2D eigenvalue weighted by atomic mass is 10.2. The fraction of sp³-hybridized carbons (Fsp3) is 0.136. The molecule has 1 amide bonds. The predicted octanol–water partition coefficient (Wildman–Crippen LogP) is 4.04. The number of rotatable bonds is 5. The largest absolute Gasteiger partial charge is 0.489 e. The lowest BCUT2D eigenvalue weighted by Gasteiger charge is -2.25. The SMILES string of the molecule is O=C(Nc1ccc(OCc2ccccc2)cc1)[C@H]1COc2ccccc2O1. The van der Waals surface area contributed by atoms with Gasteiger partial charge in [-0.2, -0.15) is 0 Å². The summed E-state index contributed by atoms with van der Waals surface area (Å²) in [6.07, 6.45) is -0.686. The molecule has 0 fully saturated rings. The van der Waals surface area contributed by atoms with Crippen molar-refractivity contribution in [3.05, 3.63) is 84.4 Å². The molecule has 3 aromatic carbocycles. The van der Waals surface area contributed by atoms with Crippen molar-refractivity contribution < 1.29 is 19.0 Å². The number of fused-ring (bicyclic) bond motifs is 1. The van der Waals surface area contributed by atoms with Crippen LogP contribution in [0.25, 0.3) is 0 Å². The third kappa shape index (κ3) is 4.20. The second-order valence-electron chi connectivity index (χ2n) is 6.15. The number of nitrogens with one attached hydrogen (secondary N) is 1. The first-order chi connectivity index (χ1) is 13.3. The number of carbonyl (C=O) groups is 1. The maximum atomic E-state index is 12.4. The summed E-state index contributed by atoms with van der Waals surface area (Å²) in [5.74, 6) is 1.72. The van der Waals surface area contributed by atoms with Crippen molar-refractivity contribution in [1.82, 2.24) is 0 Å². The van der Waals surface area contributed by atoms with E-state index in [4.69, 9.17) is 14.2 Å². The minimum atomic E-state index is -0.686. The van der Waals surface area contributed by atoms with E-state index >= 15 is 0 Å². The highest BCUT2D eigenvalue weighted by Crippen LogP contribution is 2.31. The Hall–Kier alpha value is -3.47. The van der Waals surface area contributed by atoms with Gasteiger partial charge in [0.2, 0.25) is 6.10 Å². The molecule has 0 saturated carbocycles. The van der Waals surface area contributed by atoms with Gasteiger partial charge in [0.1, 0.15) is 19.0 Å². The van der Waals surface area contributed by atoms with Crippen molar-refractivity contribution in [2.75, 3.05) is 11.9 Å². The van der Waals surface area contributed by atoms with Crippen LogP contribution in [0.1, 0.15) is 5.56 Å². The number of hydrogen-bond donors (Lipinski definition) is 1. The van der Waals surface area contributed by atoms with Gasteiger partial charge < -0.3 is 19.5 Å². The molecule has 27 heavy (non-hydrogen) atoms. The Labute approximate surface area is 157 Å². The molecule has 3 aromatic rings. The van der Waals surface area contributed by atoms with E-state index in [0.717, 1.165) is 11.3 Å². The van der Waals surface area contributed by atoms with Crippen molar-refractivity contribution in [3.63, 3.8) is 0 Å². The molecule has 1 aliphatic heterocycles. The molecule has 136 valence electrons. The number of benzene rings is 3. The fourth-order valence-corrected chi connectivity index (χ4v) is 2.75. The van der Waals surface area contributed by atoms with E-state index in [1.165, 1.54) is 0 Å². The maximum Gasteiger partial charge on any atom is 0.269 e. The van der Waals surface area contributed by atoms with Crippen molar-refractivity contribution in [2.45, 2.75) is 12.7 Å². The molecule has 1 atom stereocenters. The van der Waals surface area contributed by atoms with Gasteiger partial charge in [-0.05, 0) is 42.0 Å². The number of carbonyl (C=O) groups excluding carboxylic acids is 1. The Kier molecular flexibility index (Phi) is 4.92. The number of ether oxygens (including phenoxy) is 3. The summed E-state index contributed by atoms with van der Waals surface area (Å²) in [5, 5.41) is 2.84. The fourth-order valence-electron chi connectivity index (χ4n) is 2.75. The quantitative estimate of drug-likeness (QED) is 0.745. The Bertz CT molecular complexity index is 909. The van der Waals surface area contributed by atoms with Crippen molar-refractivity contribution in [1.29, 1.82) is 0 Å². The van der Waals surface area contributed by atoms with Gasteiger partial charge in [0.15, 0.2) is 11.5 Å². The Morgan fingerprint density at radius 1 is 0.926 bits per heavy atom. The van der Waals surface area contributed by atoms with E-state index in [-0.39, 0.29) is 12.5 Å². The zero-order valence-electron chi connectivity index (χ0n) is 14.6. The van der Waals surface area contributed by atoms with Crippen LogP contribution in [0.3, 0.4) is 0 Å². The van der Waals surface area contributed by atoms with Gasteiger partial charge in [0.05, 0.1) is 0 Å². The average molecular weight is 361 g/mol. The normalized spacial score (nSPS) is 15.0. The van der Waals surface area contributed by atoms with Crippen molar-refractivity contribution >= 4 is 11.6 Å². The summed E-state index contributed by atoms with van der Waals surface area (Å²) >= 11 is 0. The Morgan fingerprint density at radius 2 is 1.63 bits per heavy atom. The maximum absolute atomic E-state index is 12.4. The average Bonchev–Trinajstić information content (AvgIpc) is 2.73. The first-order valence-corrected chi connectivity index (χ1v) is 8.74. The molecule has 0 unspecified atom stereocenters. The second kappa shape index (κ2) is 7.83. The van der Waals surface area contributed by atoms with Crippen LogP contribution in [-0.2, 0) is 11.4 Å². The van der Waals surface area contributed by atoms with E-state index in [1.807, 2.05) is 60.7 Å². The minimum Gasteiger partial charge on any atom is -0.489 e. The van der Waals surface area contributed by atoms with Gasteiger partial charge in [0, 0.05) is 5.69 Å². The third-order valence-corrected chi connectivity index (χ3v) is 4.17. The second-order valence-corrected chi connectivity index (χ2v) is 6.15. The van der Waals surface area contributed by atoms with Crippen LogP contribution in [0.15, 0.2) is 78.9 Å². The smallest absolute Gasteiger partial charge is 0.269 e. The van der Waals surface area contributed by atoms with Crippen LogP contribution in [0.2, 0.25) is 0 Å². The topological polar surface area (TPSA) is 56.8 Å². The molecule has 0 aromatic heterocycles. The van der Waals surface area contributed by atoms with E-state index in [9.17, 15) is 4.79 Å². The number of anilines is 1. The van der Waals surface area contributed by atoms with Gasteiger partial charge in [-0.25, -0.2) is 0 Å². The summed E-state index contributed by atoms with van der Waals surface area (Å²) in [6.45, 7) is 0.681. The molecule has 0 bridgehead atoms. The molecule has 1 N–H and O–H groups in total. The summed E-state index contributed by atoms with van der Waals surface area (Å²) < 4.78 is 17.0. The first-order valence-electron chi connectivity index (χ1n) is 8.74. The summed E-state index contributed by atoms with van der Waals surface area (Å²) in [6, 6.07) is 24.5. The molecule has 4 rings (SSSR count). The molecule has 1 aliphatic rings. The van der Waals surface area contributed by atoms with E-state index in [1.54, 1.807) is 18.2 Å². The first kappa shape index (κ1) is 17.0. The monoisotopic (exact) mass is 361 g/mol. The number of para-hydroxylation sites is 2. The van der Waals surface area contributed by atoms with Gasteiger partial charge in [0.25, 0.3) is 5.91 Å². The zero-order valence-corrected chi connectivity index (χ0v) is 14.6. The molecule has 0 spiro atoms. The van der Waals surface area contributed by atoms with Gasteiger partial charge in [-0.1, -0.05) is 42.5 Å². The highest BCUT2D eigenvalue weighted by atomic mass is 16.6. The third-order valence-electron chi connectivity index (χ3n) is 4.17. The lowest BCUT2D eigenvalue weighted by molar-refractivity contribution is -0.125. The summed E-state index contributed by atoms with van der Waals surface area (Å²) in [7, 11) is 0. The number of hydrogen-bond acceptors (Lipinski definition) is 4. The molecule has 5 heteroatoms. The number of amides is 1.